The highest BCUT2D eigenvalue weighted by molar-refractivity contribution is 7.80. The van der Waals surface area contributed by atoms with Gasteiger partial charge >= 0.3 is 0 Å². The maximum absolute atomic E-state index is 5.62. The molecule has 1 fully saturated rings. The third-order valence-electron chi connectivity index (χ3n) is 3.91. The van der Waals surface area contributed by atoms with Gasteiger partial charge in [0.2, 0.25) is 0 Å². The molecule has 0 amide bonds. The number of benzene rings is 1. The minimum atomic E-state index is 0.305. The lowest BCUT2D eigenvalue weighted by Gasteiger charge is -2.13. The Bertz CT molecular complexity index is 470. The van der Waals surface area contributed by atoms with E-state index in [1.54, 1.807) is 0 Å². The molecule has 1 aromatic carbocycles. The average molecular weight is 337 g/mol. The first-order valence-corrected chi connectivity index (χ1v) is 8.90. The van der Waals surface area contributed by atoms with Crippen molar-refractivity contribution < 1.29 is 9.47 Å². The lowest BCUT2D eigenvalue weighted by Crippen LogP contribution is -2.30. The lowest BCUT2D eigenvalue weighted by molar-refractivity contribution is 0.0168. The van der Waals surface area contributed by atoms with E-state index in [1.807, 2.05) is 0 Å². The third kappa shape index (κ3) is 6.85. The second-order valence-corrected chi connectivity index (χ2v) is 6.63. The van der Waals surface area contributed by atoms with E-state index in [-0.39, 0.29) is 0 Å². The molecular weight excluding hydrogens is 308 g/mol. The molecule has 1 aliphatic rings. The van der Waals surface area contributed by atoms with Crippen LogP contribution in [0.15, 0.2) is 24.3 Å². The molecule has 1 aliphatic heterocycles. The van der Waals surface area contributed by atoms with Gasteiger partial charge in [0.1, 0.15) is 0 Å². The summed E-state index contributed by atoms with van der Waals surface area (Å²) in [7, 11) is 0. The van der Waals surface area contributed by atoms with Crippen molar-refractivity contribution in [1.82, 2.24) is 5.32 Å². The fourth-order valence-electron chi connectivity index (χ4n) is 2.49. The van der Waals surface area contributed by atoms with Gasteiger partial charge in [-0.15, -0.1) is 0 Å². The van der Waals surface area contributed by atoms with E-state index in [0.717, 1.165) is 44.7 Å². The molecule has 2 rings (SSSR count). The molecule has 0 bridgehead atoms. The second-order valence-electron chi connectivity index (χ2n) is 6.22. The number of rotatable bonds is 8. The van der Waals surface area contributed by atoms with Gasteiger partial charge in [0.05, 0.1) is 12.7 Å². The van der Waals surface area contributed by atoms with Crippen molar-refractivity contribution in [3.63, 3.8) is 0 Å². The van der Waals surface area contributed by atoms with Crippen LogP contribution in [-0.2, 0) is 9.47 Å². The summed E-state index contributed by atoms with van der Waals surface area (Å²) in [6.07, 6.45) is 3.52. The van der Waals surface area contributed by atoms with E-state index in [2.05, 4.69) is 48.7 Å². The highest BCUT2D eigenvalue weighted by atomic mass is 32.1. The number of ether oxygens (including phenoxy) is 2. The minimum Gasteiger partial charge on any atom is -0.379 e. The van der Waals surface area contributed by atoms with E-state index in [0.29, 0.717) is 23.7 Å². The first kappa shape index (κ1) is 18.2. The van der Waals surface area contributed by atoms with Crippen LogP contribution in [0.25, 0.3) is 0 Å². The zero-order chi connectivity index (χ0) is 16.5. The van der Waals surface area contributed by atoms with Gasteiger partial charge < -0.3 is 20.1 Å². The molecule has 5 heteroatoms. The summed E-state index contributed by atoms with van der Waals surface area (Å²) in [5.74, 6) is 0.545. The summed E-state index contributed by atoms with van der Waals surface area (Å²) in [4.78, 5) is 0. The Labute approximate surface area is 144 Å². The SMILES string of the molecule is CC(C)c1ccc(NC(=S)NCCCOC[C@@H]2CCCO2)cc1. The van der Waals surface area contributed by atoms with Gasteiger partial charge in [-0.25, -0.2) is 0 Å². The highest BCUT2D eigenvalue weighted by Gasteiger charge is 2.14. The molecule has 1 aromatic rings. The van der Waals surface area contributed by atoms with Gasteiger partial charge in [-0.05, 0) is 55.1 Å². The smallest absolute Gasteiger partial charge is 0.170 e. The molecule has 1 saturated heterocycles. The predicted octanol–water partition coefficient (Wildman–Crippen LogP) is 3.68. The van der Waals surface area contributed by atoms with E-state index >= 15 is 0 Å². The maximum Gasteiger partial charge on any atom is 0.170 e. The molecule has 0 saturated carbocycles. The van der Waals surface area contributed by atoms with Crippen LogP contribution < -0.4 is 10.6 Å². The second kappa shape index (κ2) is 9.85. The number of hydrogen-bond donors (Lipinski definition) is 2. The molecule has 128 valence electrons. The van der Waals surface area contributed by atoms with Gasteiger partial charge in [-0.1, -0.05) is 26.0 Å². The fraction of sp³-hybridized carbons (Fsp3) is 0.611. The summed E-state index contributed by atoms with van der Waals surface area (Å²) >= 11 is 5.30. The zero-order valence-electron chi connectivity index (χ0n) is 14.1. The van der Waals surface area contributed by atoms with Crippen LogP contribution in [0.1, 0.15) is 44.6 Å². The summed E-state index contributed by atoms with van der Waals surface area (Å²) in [5, 5.41) is 7.06. The number of nitrogens with one attached hydrogen (secondary N) is 2. The van der Waals surface area contributed by atoms with Gasteiger partial charge in [-0.3, -0.25) is 0 Å². The van der Waals surface area contributed by atoms with Crippen molar-refractivity contribution in [3.05, 3.63) is 29.8 Å². The Balaban J connectivity index is 1.54. The Kier molecular flexibility index (Phi) is 7.79. The molecule has 1 atom stereocenters. The van der Waals surface area contributed by atoms with Crippen LogP contribution in [0, 0.1) is 0 Å². The quantitative estimate of drug-likeness (QED) is 0.560. The summed E-state index contributed by atoms with van der Waals surface area (Å²) in [5.41, 5.74) is 2.35. The van der Waals surface area contributed by atoms with Crippen LogP contribution in [0.4, 0.5) is 5.69 Å². The van der Waals surface area contributed by atoms with Crippen LogP contribution in [0.3, 0.4) is 0 Å². The Hall–Kier alpha value is -1.17. The normalized spacial score (nSPS) is 17.4. The summed E-state index contributed by atoms with van der Waals surface area (Å²) in [6.45, 7) is 7.52. The largest absolute Gasteiger partial charge is 0.379 e. The summed E-state index contributed by atoms with van der Waals surface area (Å²) < 4.78 is 11.1. The lowest BCUT2D eigenvalue weighted by atomic mass is 10.0. The van der Waals surface area contributed by atoms with E-state index in [9.17, 15) is 0 Å². The van der Waals surface area contributed by atoms with Crippen LogP contribution in [-0.4, -0.2) is 37.6 Å². The molecule has 0 unspecified atom stereocenters. The van der Waals surface area contributed by atoms with Crippen LogP contribution in [0.5, 0.6) is 0 Å². The molecule has 2 N–H and O–H groups in total. The first-order valence-electron chi connectivity index (χ1n) is 8.49. The zero-order valence-corrected chi connectivity index (χ0v) is 15.0. The Morgan fingerprint density at radius 3 is 2.78 bits per heavy atom. The average Bonchev–Trinajstić information content (AvgIpc) is 3.04. The summed E-state index contributed by atoms with van der Waals surface area (Å²) in [6, 6.07) is 8.39. The van der Waals surface area contributed by atoms with Crippen LogP contribution in [0.2, 0.25) is 0 Å². The van der Waals surface area contributed by atoms with E-state index in [1.165, 1.54) is 5.56 Å². The molecule has 0 aliphatic carbocycles. The highest BCUT2D eigenvalue weighted by Crippen LogP contribution is 2.17. The topological polar surface area (TPSA) is 42.5 Å². The molecular formula is C18H28N2O2S. The van der Waals surface area contributed by atoms with E-state index in [4.69, 9.17) is 21.7 Å². The van der Waals surface area contributed by atoms with Gasteiger partial charge in [0.25, 0.3) is 0 Å². The third-order valence-corrected chi connectivity index (χ3v) is 4.16. The van der Waals surface area contributed by atoms with Crippen LogP contribution >= 0.6 is 12.2 Å². The van der Waals surface area contributed by atoms with Gasteiger partial charge in [0, 0.05) is 25.4 Å². The molecule has 0 aromatic heterocycles. The monoisotopic (exact) mass is 336 g/mol. The Morgan fingerprint density at radius 1 is 1.35 bits per heavy atom. The molecule has 4 nitrogen and oxygen atoms in total. The van der Waals surface area contributed by atoms with Gasteiger partial charge in [-0.2, -0.15) is 0 Å². The van der Waals surface area contributed by atoms with Gasteiger partial charge in [0.15, 0.2) is 5.11 Å². The molecule has 1 heterocycles. The number of anilines is 1. The standard InChI is InChI=1S/C18H28N2O2S/c1-14(2)15-6-8-16(9-7-15)20-18(23)19-10-4-11-21-13-17-5-3-12-22-17/h6-9,14,17H,3-5,10-13H2,1-2H3,(H2,19,20,23)/t17-/m0/s1. The Morgan fingerprint density at radius 2 is 2.13 bits per heavy atom. The maximum atomic E-state index is 5.62. The van der Waals surface area contributed by atoms with Crippen molar-refractivity contribution in [2.75, 3.05) is 31.7 Å². The van der Waals surface area contributed by atoms with Crippen molar-refractivity contribution >= 4 is 23.0 Å². The van der Waals surface area contributed by atoms with Crippen molar-refractivity contribution in [1.29, 1.82) is 0 Å². The molecule has 0 spiro atoms. The predicted molar refractivity (Wildman–Crippen MR) is 99.2 cm³/mol. The minimum absolute atomic E-state index is 0.305. The fourth-order valence-corrected chi connectivity index (χ4v) is 2.71. The molecule has 0 radical (unpaired) electrons. The number of thiocarbonyl (C=S) groups is 1. The number of hydrogen-bond acceptors (Lipinski definition) is 3. The van der Waals surface area contributed by atoms with Crippen molar-refractivity contribution in [3.8, 4) is 0 Å². The van der Waals surface area contributed by atoms with E-state index < -0.39 is 0 Å². The first-order chi connectivity index (χ1) is 11.1. The van der Waals surface area contributed by atoms with Crippen molar-refractivity contribution in [2.24, 2.45) is 0 Å². The molecule has 23 heavy (non-hydrogen) atoms. The van der Waals surface area contributed by atoms with Crippen molar-refractivity contribution in [2.45, 2.75) is 45.1 Å².